The molecule has 10 heteroatoms. The molecule has 9 nitrogen and oxygen atoms in total. The number of ether oxygens (including phenoxy) is 1. The Kier molecular flexibility index (Phi) is 3.98. The maximum Gasteiger partial charge on any atom is 0.330 e. The second-order valence-electron chi connectivity index (χ2n) is 5.41. The number of benzene rings is 2. The Balaban J connectivity index is 1.87. The van der Waals surface area contributed by atoms with Crippen molar-refractivity contribution < 1.29 is 9.66 Å². The number of nitrogens with zero attached hydrogens (tertiary/aromatic N) is 5. The summed E-state index contributed by atoms with van der Waals surface area (Å²) in [4.78, 5) is 26.9. The number of thiazole rings is 1. The molecule has 0 aliphatic rings. The minimum absolute atomic E-state index is 0.154. The zero-order valence-electron chi connectivity index (χ0n) is 13.8. The molecule has 27 heavy (non-hydrogen) atoms. The molecule has 0 amide bonds. The highest BCUT2D eigenvalue weighted by Crippen LogP contribution is 2.38. The van der Waals surface area contributed by atoms with E-state index in [1.165, 1.54) is 36.9 Å². The highest BCUT2D eigenvalue weighted by Gasteiger charge is 2.18. The fourth-order valence-electron chi connectivity index (χ4n) is 2.71. The van der Waals surface area contributed by atoms with Crippen LogP contribution in [0.15, 0.2) is 36.7 Å². The second-order valence-corrected chi connectivity index (χ2v) is 6.38. The fraction of sp³-hybridized carbons (Fsp3) is 0.0588. The largest absolute Gasteiger partial charge is 0.490 e. The third-order valence-corrected chi connectivity index (χ3v) is 4.86. The lowest BCUT2D eigenvalue weighted by Gasteiger charge is -2.09. The number of nitro groups is 1. The molecule has 0 radical (unpaired) electrons. The molecule has 0 aliphatic carbocycles. The van der Waals surface area contributed by atoms with Gasteiger partial charge in [-0.2, -0.15) is 0 Å². The van der Waals surface area contributed by atoms with E-state index in [0.717, 1.165) is 4.70 Å². The number of fused-ring (bicyclic) bond motifs is 3. The predicted molar refractivity (Wildman–Crippen MR) is 102 cm³/mol. The minimum Gasteiger partial charge on any atom is -0.490 e. The summed E-state index contributed by atoms with van der Waals surface area (Å²) in [5.74, 6) is 0.648. The lowest BCUT2D eigenvalue weighted by Crippen LogP contribution is -1.99. The number of hydrogen-bond donors (Lipinski definition) is 1. The maximum absolute atomic E-state index is 11.2. The number of hydrogen-bond acceptors (Lipinski definition) is 8. The van der Waals surface area contributed by atoms with Gasteiger partial charge in [-0.25, -0.2) is 9.97 Å². The van der Waals surface area contributed by atoms with E-state index in [0.29, 0.717) is 33.1 Å². The molecule has 2 aromatic carbocycles. The molecular weight excluding hydrogens is 368 g/mol. The second kappa shape index (κ2) is 6.47. The average Bonchev–Trinajstić information content (AvgIpc) is 3.11. The van der Waals surface area contributed by atoms with Crippen LogP contribution in [0.5, 0.6) is 5.75 Å². The van der Waals surface area contributed by atoms with Crippen LogP contribution in [0.1, 0.15) is 0 Å². The van der Waals surface area contributed by atoms with E-state index >= 15 is 0 Å². The van der Waals surface area contributed by atoms with E-state index < -0.39 is 4.92 Å². The number of anilines is 2. The van der Waals surface area contributed by atoms with Crippen LogP contribution in [-0.4, -0.2) is 27.0 Å². The highest BCUT2D eigenvalue weighted by molar-refractivity contribution is 7.23. The first-order valence-electron chi connectivity index (χ1n) is 7.62. The van der Waals surface area contributed by atoms with Crippen molar-refractivity contribution in [1.29, 1.82) is 0 Å². The summed E-state index contributed by atoms with van der Waals surface area (Å²) >= 11 is 1.25. The molecular formula is C17H10N6O3S. The van der Waals surface area contributed by atoms with E-state index in [1.807, 2.05) is 0 Å². The van der Waals surface area contributed by atoms with Crippen molar-refractivity contribution in [2.75, 3.05) is 12.4 Å². The van der Waals surface area contributed by atoms with Gasteiger partial charge in [-0.3, -0.25) is 10.1 Å². The zero-order chi connectivity index (χ0) is 19.0. The number of nitrogens with one attached hydrogen (secondary N) is 1. The van der Waals surface area contributed by atoms with E-state index in [2.05, 4.69) is 25.1 Å². The van der Waals surface area contributed by atoms with Gasteiger partial charge in [-0.05, 0) is 24.3 Å². The minimum atomic E-state index is -0.508. The van der Waals surface area contributed by atoms with Gasteiger partial charge in [-0.1, -0.05) is 6.57 Å². The van der Waals surface area contributed by atoms with Crippen molar-refractivity contribution in [3.05, 3.63) is 58.2 Å². The Bertz CT molecular complexity index is 1250. The van der Waals surface area contributed by atoms with Crippen LogP contribution < -0.4 is 10.1 Å². The summed E-state index contributed by atoms with van der Waals surface area (Å²) in [5, 5.41) is 15.4. The van der Waals surface area contributed by atoms with Gasteiger partial charge in [0.1, 0.15) is 12.1 Å². The number of rotatable bonds is 4. The maximum atomic E-state index is 11.2. The van der Waals surface area contributed by atoms with Crippen LogP contribution in [-0.2, 0) is 0 Å². The monoisotopic (exact) mass is 378 g/mol. The Hall–Kier alpha value is -3.84. The summed E-state index contributed by atoms with van der Waals surface area (Å²) in [7, 11) is 1.38. The van der Waals surface area contributed by atoms with Crippen LogP contribution in [0.3, 0.4) is 0 Å². The van der Waals surface area contributed by atoms with Crippen molar-refractivity contribution in [2.24, 2.45) is 0 Å². The first-order valence-corrected chi connectivity index (χ1v) is 8.43. The van der Waals surface area contributed by atoms with Gasteiger partial charge in [-0.15, -0.1) is 16.3 Å². The van der Waals surface area contributed by atoms with Crippen molar-refractivity contribution in [2.45, 2.75) is 0 Å². The number of aromatic nitrogens is 3. The highest BCUT2D eigenvalue weighted by atomic mass is 32.1. The van der Waals surface area contributed by atoms with E-state index in [4.69, 9.17) is 11.3 Å². The molecule has 4 aromatic rings. The van der Waals surface area contributed by atoms with E-state index in [1.54, 1.807) is 18.2 Å². The number of methoxy groups -OCH3 is 1. The van der Waals surface area contributed by atoms with Crippen molar-refractivity contribution in [3.8, 4) is 5.75 Å². The first-order chi connectivity index (χ1) is 13.1. The quantitative estimate of drug-likeness (QED) is 0.317. The molecule has 0 saturated heterocycles. The van der Waals surface area contributed by atoms with Crippen LogP contribution in [0.25, 0.3) is 26.0 Å². The molecule has 0 saturated carbocycles. The van der Waals surface area contributed by atoms with Gasteiger partial charge in [0.25, 0.3) is 0 Å². The predicted octanol–water partition coefficient (Wildman–Crippen LogP) is 4.45. The molecule has 0 bridgehead atoms. The summed E-state index contributed by atoms with van der Waals surface area (Å²) in [6.07, 6.45) is 1.41. The van der Waals surface area contributed by atoms with E-state index in [9.17, 15) is 10.1 Å². The molecule has 0 aliphatic heterocycles. The molecule has 0 unspecified atom stereocenters. The average molecular weight is 378 g/mol. The Morgan fingerprint density at radius 1 is 1.26 bits per heavy atom. The lowest BCUT2D eigenvalue weighted by atomic mass is 10.2. The molecule has 0 fully saturated rings. The van der Waals surface area contributed by atoms with Gasteiger partial charge in [0.15, 0.2) is 11.3 Å². The molecule has 2 heterocycles. The van der Waals surface area contributed by atoms with Gasteiger partial charge in [0, 0.05) is 11.8 Å². The van der Waals surface area contributed by atoms with Crippen LogP contribution in [0.2, 0.25) is 0 Å². The fourth-order valence-corrected chi connectivity index (χ4v) is 3.60. The topological polar surface area (TPSA) is 107 Å². The van der Waals surface area contributed by atoms with Gasteiger partial charge >= 0.3 is 10.8 Å². The standard InChI is InChI=1S/C17H10N6O3S/c1-18-17-22-11-5-4-10-14(15(11)27-17)16(20-8-19-10)21-9-3-6-13(26-2)12(7-9)23(24)25/h3-8H,2H3,(H,19,20,21). The SMILES string of the molecule is [C-]#[N+]c1nc2ccc3ncnc(Nc4ccc(OC)c([N+](=O)[O-])c4)c3c2s1. The summed E-state index contributed by atoms with van der Waals surface area (Å²) in [6, 6.07) is 8.16. The molecule has 132 valence electrons. The molecule has 1 N–H and O–H groups in total. The first kappa shape index (κ1) is 16.6. The van der Waals surface area contributed by atoms with Gasteiger partial charge in [0.2, 0.25) is 0 Å². The molecule has 0 spiro atoms. The summed E-state index contributed by atoms with van der Waals surface area (Å²) < 4.78 is 5.81. The molecule has 0 atom stereocenters. The number of nitro benzene ring substituents is 1. The van der Waals surface area contributed by atoms with Crippen molar-refractivity contribution in [3.63, 3.8) is 0 Å². The summed E-state index contributed by atoms with van der Waals surface area (Å²) in [5.41, 5.74) is 1.69. The Morgan fingerprint density at radius 2 is 2.07 bits per heavy atom. The Labute approximate surface area is 156 Å². The molecule has 2 aromatic heterocycles. The lowest BCUT2D eigenvalue weighted by molar-refractivity contribution is -0.385. The summed E-state index contributed by atoms with van der Waals surface area (Å²) in [6.45, 7) is 7.17. The van der Waals surface area contributed by atoms with Crippen LogP contribution in [0.4, 0.5) is 22.3 Å². The van der Waals surface area contributed by atoms with Crippen LogP contribution in [0, 0.1) is 16.7 Å². The normalized spacial score (nSPS) is 10.7. The third-order valence-electron chi connectivity index (χ3n) is 3.88. The van der Waals surface area contributed by atoms with Gasteiger partial charge < -0.3 is 14.9 Å². The Morgan fingerprint density at radius 3 is 2.81 bits per heavy atom. The van der Waals surface area contributed by atoms with Crippen molar-refractivity contribution >= 4 is 54.8 Å². The van der Waals surface area contributed by atoms with E-state index in [-0.39, 0.29) is 11.4 Å². The zero-order valence-corrected chi connectivity index (χ0v) is 14.6. The van der Waals surface area contributed by atoms with Crippen LogP contribution >= 0.6 is 11.3 Å². The smallest absolute Gasteiger partial charge is 0.330 e. The third kappa shape index (κ3) is 2.86. The van der Waals surface area contributed by atoms with Crippen molar-refractivity contribution in [1.82, 2.24) is 15.0 Å². The molecule has 4 rings (SSSR count). The van der Waals surface area contributed by atoms with Gasteiger partial charge in [0.05, 0.1) is 27.6 Å².